The molecule has 1 aromatic rings. The van der Waals surface area contributed by atoms with Crippen molar-refractivity contribution in [3.05, 3.63) is 28.4 Å². The molecule has 1 atom stereocenters. The van der Waals surface area contributed by atoms with Crippen molar-refractivity contribution in [2.45, 2.75) is 19.4 Å². The summed E-state index contributed by atoms with van der Waals surface area (Å²) < 4.78 is 0. The smallest absolute Gasteiger partial charge is 0.375 e. The second-order valence-corrected chi connectivity index (χ2v) is 3.35. The maximum atomic E-state index is 10.7. The second-order valence-electron chi connectivity index (χ2n) is 3.35. The van der Waals surface area contributed by atoms with E-state index in [-0.39, 0.29) is 24.0 Å². The first-order valence-electron chi connectivity index (χ1n) is 4.65. The third-order valence-electron chi connectivity index (χ3n) is 1.87. The zero-order chi connectivity index (χ0) is 12.1. The Bertz CT molecular complexity index is 407. The van der Waals surface area contributed by atoms with Crippen molar-refractivity contribution >= 4 is 17.4 Å². The van der Waals surface area contributed by atoms with E-state index in [9.17, 15) is 14.9 Å². The molecule has 0 saturated heterocycles. The molecule has 16 heavy (non-hydrogen) atoms. The first-order valence-corrected chi connectivity index (χ1v) is 4.65. The molecule has 0 aliphatic rings. The maximum Gasteiger partial charge on any atom is 0.386 e. The van der Waals surface area contributed by atoms with Crippen LogP contribution in [0.25, 0.3) is 0 Å². The van der Waals surface area contributed by atoms with Crippen molar-refractivity contribution in [1.82, 2.24) is 4.98 Å². The number of aromatic nitrogens is 1. The van der Waals surface area contributed by atoms with Crippen molar-refractivity contribution in [2.75, 3.05) is 5.32 Å². The predicted molar refractivity (Wildman–Crippen MR) is 57.8 cm³/mol. The lowest BCUT2D eigenvalue weighted by atomic mass is 10.2. The number of anilines is 1. The first-order chi connectivity index (χ1) is 7.50. The summed E-state index contributed by atoms with van der Waals surface area (Å²) in [5, 5.41) is 13.5. The molecule has 7 nitrogen and oxygen atoms in total. The van der Waals surface area contributed by atoms with E-state index in [0.29, 0.717) is 0 Å². The molecule has 3 N–H and O–H groups in total. The molecular formula is C9H12N4O3. The van der Waals surface area contributed by atoms with E-state index in [0.717, 1.165) is 0 Å². The molecule has 7 heteroatoms. The molecule has 1 unspecified atom stereocenters. The maximum absolute atomic E-state index is 10.7. The molecule has 0 saturated carbocycles. The van der Waals surface area contributed by atoms with Gasteiger partial charge in [0.05, 0.1) is 0 Å². The Morgan fingerprint density at radius 2 is 2.44 bits per heavy atom. The van der Waals surface area contributed by atoms with Crippen LogP contribution in [0.1, 0.15) is 13.3 Å². The fourth-order valence-corrected chi connectivity index (χ4v) is 1.27. The zero-order valence-corrected chi connectivity index (χ0v) is 8.71. The van der Waals surface area contributed by atoms with Gasteiger partial charge in [-0.1, -0.05) is 0 Å². The third-order valence-corrected chi connectivity index (χ3v) is 1.87. The van der Waals surface area contributed by atoms with Crippen LogP contribution in [-0.2, 0) is 4.79 Å². The number of nitrogens with one attached hydrogen (secondary N) is 1. The monoisotopic (exact) mass is 224 g/mol. The van der Waals surface area contributed by atoms with Gasteiger partial charge < -0.3 is 21.2 Å². The Labute approximate surface area is 91.8 Å². The zero-order valence-electron chi connectivity index (χ0n) is 8.71. The number of carbonyl (C=O) groups is 1. The predicted octanol–water partition coefficient (Wildman–Crippen LogP) is 0.666. The number of amides is 1. The molecule has 86 valence electrons. The molecule has 1 heterocycles. The molecule has 0 aromatic carbocycles. The van der Waals surface area contributed by atoms with Crippen LogP contribution < -0.4 is 11.1 Å². The summed E-state index contributed by atoms with van der Waals surface area (Å²) in [6.45, 7) is 1.71. The standard InChI is InChI=1S/C9H12N4O3/c1-6(5-8(10)14)12-7-3-2-4-11-9(7)13(15)16/h2-4,6,12H,5H2,1H3,(H2,10,14). The summed E-state index contributed by atoms with van der Waals surface area (Å²) in [5.41, 5.74) is 5.30. The fraction of sp³-hybridized carbons (Fsp3) is 0.333. The quantitative estimate of drug-likeness (QED) is 0.563. The molecule has 1 rings (SSSR count). The number of nitrogens with zero attached hydrogens (tertiary/aromatic N) is 2. The number of primary amides is 1. The normalized spacial score (nSPS) is 11.8. The topological polar surface area (TPSA) is 111 Å². The van der Waals surface area contributed by atoms with E-state index in [1.165, 1.54) is 12.3 Å². The Hall–Kier alpha value is -2.18. The highest BCUT2D eigenvalue weighted by Gasteiger charge is 2.16. The van der Waals surface area contributed by atoms with Crippen LogP contribution in [0, 0.1) is 10.1 Å². The second kappa shape index (κ2) is 5.06. The summed E-state index contributed by atoms with van der Waals surface area (Å²) >= 11 is 0. The van der Waals surface area contributed by atoms with Gasteiger partial charge in [0.15, 0.2) is 0 Å². The van der Waals surface area contributed by atoms with Gasteiger partial charge in [-0.15, -0.1) is 0 Å². The number of hydrogen-bond acceptors (Lipinski definition) is 5. The molecule has 1 amide bonds. The van der Waals surface area contributed by atoms with Crippen LogP contribution in [0.3, 0.4) is 0 Å². The van der Waals surface area contributed by atoms with Gasteiger partial charge in [0, 0.05) is 12.5 Å². The van der Waals surface area contributed by atoms with Gasteiger partial charge in [0.1, 0.15) is 11.9 Å². The molecule has 0 fully saturated rings. The van der Waals surface area contributed by atoms with Crippen molar-refractivity contribution in [3.8, 4) is 0 Å². The van der Waals surface area contributed by atoms with Crippen molar-refractivity contribution in [3.63, 3.8) is 0 Å². The average molecular weight is 224 g/mol. The molecule has 1 aromatic heterocycles. The minimum absolute atomic E-state index is 0.103. The SMILES string of the molecule is CC(CC(N)=O)Nc1cccnc1[N+](=O)[O-]. The number of carbonyl (C=O) groups excluding carboxylic acids is 1. The lowest BCUT2D eigenvalue weighted by Crippen LogP contribution is -2.24. The van der Waals surface area contributed by atoms with Gasteiger partial charge in [0.25, 0.3) is 0 Å². The third kappa shape index (κ3) is 3.19. The lowest BCUT2D eigenvalue weighted by Gasteiger charge is -2.12. The fourth-order valence-electron chi connectivity index (χ4n) is 1.27. The lowest BCUT2D eigenvalue weighted by molar-refractivity contribution is -0.388. The summed E-state index contributed by atoms with van der Waals surface area (Å²) in [6, 6.07) is 2.83. The Morgan fingerprint density at radius 3 is 3.00 bits per heavy atom. The van der Waals surface area contributed by atoms with E-state index in [4.69, 9.17) is 5.73 Å². The molecular weight excluding hydrogens is 212 g/mol. The van der Waals surface area contributed by atoms with Crippen molar-refractivity contribution in [2.24, 2.45) is 5.73 Å². The van der Waals surface area contributed by atoms with Gasteiger partial charge in [-0.05, 0) is 29.0 Å². The summed E-state index contributed by atoms with van der Waals surface area (Å²) in [6.07, 6.45) is 1.44. The van der Waals surface area contributed by atoms with E-state index in [1.807, 2.05) is 0 Å². The number of nitro groups is 1. The van der Waals surface area contributed by atoms with Crippen LogP contribution in [0.4, 0.5) is 11.5 Å². The van der Waals surface area contributed by atoms with Gasteiger partial charge in [-0.3, -0.25) is 4.79 Å². The Morgan fingerprint density at radius 1 is 1.75 bits per heavy atom. The average Bonchev–Trinajstić information content (AvgIpc) is 2.16. The van der Waals surface area contributed by atoms with Crippen LogP contribution in [0.5, 0.6) is 0 Å². The molecule has 0 bridgehead atoms. The Balaban J connectivity index is 2.80. The highest BCUT2D eigenvalue weighted by molar-refractivity contribution is 5.75. The van der Waals surface area contributed by atoms with Gasteiger partial charge in [-0.25, -0.2) is 0 Å². The van der Waals surface area contributed by atoms with E-state index in [2.05, 4.69) is 10.3 Å². The number of nitrogens with two attached hydrogens (primary N) is 1. The summed E-state index contributed by atoms with van der Waals surface area (Å²) in [5.74, 6) is -0.731. The highest BCUT2D eigenvalue weighted by atomic mass is 16.6. The van der Waals surface area contributed by atoms with Crippen LogP contribution in [0.15, 0.2) is 18.3 Å². The molecule has 0 aliphatic carbocycles. The van der Waals surface area contributed by atoms with Crippen LogP contribution in [0.2, 0.25) is 0 Å². The highest BCUT2D eigenvalue weighted by Crippen LogP contribution is 2.21. The minimum Gasteiger partial charge on any atom is -0.375 e. The first kappa shape index (κ1) is 11.9. The van der Waals surface area contributed by atoms with E-state index in [1.54, 1.807) is 13.0 Å². The summed E-state index contributed by atoms with van der Waals surface area (Å²) in [7, 11) is 0. The molecule has 0 aliphatic heterocycles. The minimum atomic E-state index is -0.584. The van der Waals surface area contributed by atoms with Crippen LogP contribution >= 0.6 is 0 Å². The van der Waals surface area contributed by atoms with E-state index >= 15 is 0 Å². The molecule has 0 radical (unpaired) electrons. The van der Waals surface area contributed by atoms with Crippen LogP contribution in [-0.4, -0.2) is 21.9 Å². The largest absolute Gasteiger partial charge is 0.386 e. The van der Waals surface area contributed by atoms with Gasteiger partial charge in [-0.2, -0.15) is 0 Å². The summed E-state index contributed by atoms with van der Waals surface area (Å²) in [4.78, 5) is 24.3. The van der Waals surface area contributed by atoms with Crippen molar-refractivity contribution < 1.29 is 9.72 Å². The number of pyridine rings is 1. The van der Waals surface area contributed by atoms with Gasteiger partial charge >= 0.3 is 5.82 Å². The van der Waals surface area contributed by atoms with Gasteiger partial charge in [0.2, 0.25) is 5.91 Å². The molecule has 0 spiro atoms. The Kier molecular flexibility index (Phi) is 3.76. The number of hydrogen-bond donors (Lipinski definition) is 2. The van der Waals surface area contributed by atoms with Crippen molar-refractivity contribution in [1.29, 1.82) is 0 Å². The number of rotatable bonds is 5. The van der Waals surface area contributed by atoms with E-state index < -0.39 is 10.8 Å².